The zero-order valence-corrected chi connectivity index (χ0v) is 26.7. The van der Waals surface area contributed by atoms with Crippen LogP contribution in [0.2, 0.25) is 0 Å². The topological polar surface area (TPSA) is 67.3 Å². The highest BCUT2D eigenvalue weighted by molar-refractivity contribution is 7.80. The number of aromatic hydroxyl groups is 1. The summed E-state index contributed by atoms with van der Waals surface area (Å²) in [6, 6.07) is 4.31. The molecular weight excluding hydrogens is 561 g/mol. The average Bonchev–Trinajstić information content (AvgIpc) is 3.32. The third-order valence-electron chi connectivity index (χ3n) is 7.92. The molecule has 220 valence electrons. The van der Waals surface area contributed by atoms with Crippen molar-refractivity contribution in [3.8, 4) is 16.2 Å². The number of phenols is 1. The summed E-state index contributed by atoms with van der Waals surface area (Å²) in [5, 5.41) is 11.5. The quantitative estimate of drug-likeness (QED) is 0.260. The summed E-state index contributed by atoms with van der Waals surface area (Å²) in [6.45, 7) is 13.7. The van der Waals surface area contributed by atoms with Gasteiger partial charge in [0.25, 0.3) is 0 Å². The lowest BCUT2D eigenvalue weighted by atomic mass is 9.99. The van der Waals surface area contributed by atoms with E-state index in [-0.39, 0.29) is 11.8 Å². The number of hydrogen-bond acceptors (Lipinski definition) is 8. The van der Waals surface area contributed by atoms with Crippen molar-refractivity contribution in [3.63, 3.8) is 0 Å². The van der Waals surface area contributed by atoms with Gasteiger partial charge in [-0.15, -0.1) is 0 Å². The van der Waals surface area contributed by atoms with E-state index in [9.17, 15) is 14.7 Å². The van der Waals surface area contributed by atoms with E-state index in [4.69, 9.17) is 12.2 Å². The smallest absolute Gasteiger partial charge is 0.222 e. The van der Waals surface area contributed by atoms with Crippen LogP contribution in [-0.4, -0.2) is 88.9 Å². The number of benzene rings is 1. The van der Waals surface area contributed by atoms with Gasteiger partial charge in [-0.1, -0.05) is 60.1 Å². The molecular formula is C30H44N4O3S3. The van der Waals surface area contributed by atoms with Crippen molar-refractivity contribution < 1.29 is 14.7 Å². The van der Waals surface area contributed by atoms with Gasteiger partial charge in [-0.3, -0.25) is 19.4 Å². The minimum Gasteiger partial charge on any atom is -0.507 e. The molecule has 0 radical (unpaired) electrons. The molecule has 0 unspecified atom stereocenters. The summed E-state index contributed by atoms with van der Waals surface area (Å²) in [7, 11) is 3.41. The van der Waals surface area contributed by atoms with Crippen molar-refractivity contribution in [1.29, 1.82) is 0 Å². The molecule has 3 heterocycles. The molecule has 0 atom stereocenters. The molecule has 2 aliphatic heterocycles. The Labute approximate surface area is 251 Å². The Morgan fingerprint density at radius 3 is 1.68 bits per heavy atom. The van der Waals surface area contributed by atoms with E-state index in [0.717, 1.165) is 98.6 Å². The van der Waals surface area contributed by atoms with Crippen molar-refractivity contribution >= 4 is 44.7 Å². The van der Waals surface area contributed by atoms with Gasteiger partial charge in [0.2, 0.25) is 11.8 Å². The summed E-state index contributed by atoms with van der Waals surface area (Å²) < 4.78 is 0.971. The second-order valence-electron chi connectivity index (χ2n) is 11.0. The number of amides is 2. The van der Waals surface area contributed by atoms with Crippen molar-refractivity contribution in [2.24, 2.45) is 0 Å². The molecule has 2 aromatic rings. The van der Waals surface area contributed by atoms with E-state index in [0.29, 0.717) is 31.7 Å². The van der Waals surface area contributed by atoms with Crippen molar-refractivity contribution in [3.05, 3.63) is 32.6 Å². The normalized spacial score (nSPS) is 17.0. The number of nitrogens with zero attached hydrogens (tertiary/aromatic N) is 4. The molecule has 2 amide bonds. The van der Waals surface area contributed by atoms with E-state index in [1.165, 1.54) is 10.4 Å². The third-order valence-corrected chi connectivity index (χ3v) is 11.1. The predicted molar refractivity (Wildman–Crippen MR) is 168 cm³/mol. The van der Waals surface area contributed by atoms with E-state index in [1.54, 1.807) is 20.7 Å². The lowest BCUT2D eigenvalue weighted by Gasteiger charge is -2.36. The summed E-state index contributed by atoms with van der Waals surface area (Å²) in [4.78, 5) is 34.6. The maximum absolute atomic E-state index is 12.4. The molecule has 0 saturated carbocycles. The lowest BCUT2D eigenvalue weighted by Crippen LogP contribution is -2.48. The van der Waals surface area contributed by atoms with Crippen LogP contribution in [0.1, 0.15) is 69.6 Å². The monoisotopic (exact) mass is 604 g/mol. The Morgan fingerprint density at radius 2 is 1.25 bits per heavy atom. The van der Waals surface area contributed by atoms with Gasteiger partial charge in [-0.25, -0.2) is 0 Å². The molecule has 2 saturated heterocycles. The third kappa shape index (κ3) is 7.70. The first kappa shape index (κ1) is 31.1. The highest BCUT2D eigenvalue weighted by Gasteiger charge is 2.25. The SMILES string of the molecule is CCCC(=O)N1CCN(Cc2cc(-c3ssc(=S)c3CCC)cc(CN3CCN(C(=O)CCC)CC3)c2O)CC1. The first-order chi connectivity index (χ1) is 19.3. The number of piperazine rings is 2. The largest absolute Gasteiger partial charge is 0.507 e. The Morgan fingerprint density at radius 1 is 0.775 bits per heavy atom. The molecule has 2 fully saturated rings. The molecule has 7 nitrogen and oxygen atoms in total. The Bertz CT molecular complexity index is 1150. The molecule has 0 bridgehead atoms. The number of carbonyl (C=O) groups is 2. The lowest BCUT2D eigenvalue weighted by molar-refractivity contribution is -0.133. The molecule has 0 aliphatic carbocycles. The van der Waals surface area contributed by atoms with Gasteiger partial charge in [0.1, 0.15) is 9.57 Å². The van der Waals surface area contributed by atoms with Gasteiger partial charge < -0.3 is 14.9 Å². The van der Waals surface area contributed by atoms with Crippen molar-refractivity contribution in [2.75, 3.05) is 52.4 Å². The Hall–Kier alpha value is -1.85. The second kappa shape index (κ2) is 14.9. The molecule has 1 aromatic carbocycles. The van der Waals surface area contributed by atoms with Crippen LogP contribution in [0.4, 0.5) is 0 Å². The standard InChI is InChI=1S/C30H44N4O3S3/c1-4-7-25-29(39-40-30(25)38)22-18-23(20-31-10-14-33(15-11-31)26(35)8-5-2)28(37)24(19-22)21-32-12-16-34(17-13-32)27(36)9-6-3/h18-19,37H,4-17,20-21H2,1-3H3. The average molecular weight is 605 g/mol. The minimum absolute atomic E-state index is 0.243. The zero-order chi connectivity index (χ0) is 28.6. The maximum Gasteiger partial charge on any atom is 0.222 e. The van der Waals surface area contributed by atoms with E-state index < -0.39 is 0 Å². The van der Waals surface area contributed by atoms with Gasteiger partial charge in [0, 0.05) is 89.4 Å². The minimum atomic E-state index is 0.243. The Balaban J connectivity index is 1.55. The van der Waals surface area contributed by atoms with Crippen LogP contribution in [0.5, 0.6) is 5.75 Å². The summed E-state index contributed by atoms with van der Waals surface area (Å²) in [5.41, 5.74) is 4.26. The number of hydrogen-bond donors (Lipinski definition) is 1. The van der Waals surface area contributed by atoms with Crippen LogP contribution in [0, 0.1) is 3.82 Å². The number of carbonyl (C=O) groups excluding carboxylic acids is 2. The predicted octanol–water partition coefficient (Wildman–Crippen LogP) is 5.75. The van der Waals surface area contributed by atoms with Gasteiger partial charge in [0.15, 0.2) is 0 Å². The fraction of sp³-hybridized carbons (Fsp3) is 0.633. The van der Waals surface area contributed by atoms with Crippen LogP contribution in [-0.2, 0) is 29.1 Å². The maximum atomic E-state index is 12.4. The summed E-state index contributed by atoms with van der Waals surface area (Å²) >= 11 is 5.69. The molecule has 1 N–H and O–H groups in total. The van der Waals surface area contributed by atoms with Crippen molar-refractivity contribution in [2.45, 2.75) is 72.4 Å². The number of phenolic OH excluding ortho intramolecular Hbond substituents is 1. The van der Waals surface area contributed by atoms with E-state index in [1.807, 2.05) is 23.6 Å². The van der Waals surface area contributed by atoms with Gasteiger partial charge in [-0.05, 0) is 42.5 Å². The van der Waals surface area contributed by atoms with Crippen LogP contribution < -0.4 is 0 Å². The molecule has 1 aromatic heterocycles. The van der Waals surface area contributed by atoms with Crippen LogP contribution >= 0.6 is 32.9 Å². The van der Waals surface area contributed by atoms with Gasteiger partial charge in [0.05, 0.1) is 4.88 Å². The highest BCUT2D eigenvalue weighted by atomic mass is 32.9. The van der Waals surface area contributed by atoms with E-state index >= 15 is 0 Å². The fourth-order valence-corrected chi connectivity index (χ4v) is 8.62. The second-order valence-corrected chi connectivity index (χ2v) is 13.8. The fourth-order valence-electron chi connectivity index (χ4n) is 5.63. The molecule has 4 rings (SSSR count). The van der Waals surface area contributed by atoms with E-state index in [2.05, 4.69) is 28.9 Å². The van der Waals surface area contributed by atoms with Crippen LogP contribution in [0.3, 0.4) is 0 Å². The van der Waals surface area contributed by atoms with Gasteiger partial charge in [-0.2, -0.15) is 0 Å². The molecule has 0 spiro atoms. The summed E-state index contributed by atoms with van der Waals surface area (Å²) in [6.07, 6.45) is 4.98. The molecule has 10 heteroatoms. The van der Waals surface area contributed by atoms with Crippen molar-refractivity contribution in [1.82, 2.24) is 19.6 Å². The van der Waals surface area contributed by atoms with Gasteiger partial charge >= 0.3 is 0 Å². The zero-order valence-electron chi connectivity index (χ0n) is 24.2. The van der Waals surface area contributed by atoms with Crippen LogP contribution in [0.15, 0.2) is 12.1 Å². The Kier molecular flexibility index (Phi) is 11.6. The molecule has 40 heavy (non-hydrogen) atoms. The highest BCUT2D eigenvalue weighted by Crippen LogP contribution is 2.39. The number of rotatable bonds is 11. The summed E-state index contributed by atoms with van der Waals surface area (Å²) in [5.74, 6) is 0.856. The first-order valence-corrected chi connectivity index (χ1v) is 17.4. The molecule has 2 aliphatic rings. The first-order valence-electron chi connectivity index (χ1n) is 14.8. The van der Waals surface area contributed by atoms with Crippen LogP contribution in [0.25, 0.3) is 10.4 Å².